The van der Waals surface area contributed by atoms with Gasteiger partial charge in [0.05, 0.1) is 0 Å². The minimum Gasteiger partial charge on any atom is -0.429 e. The minimum absolute atomic E-state index is 0.0109. The predicted octanol–water partition coefficient (Wildman–Crippen LogP) is 1.64. The number of hydroxylamine groups is 2. The van der Waals surface area contributed by atoms with Gasteiger partial charge in [-0.2, -0.15) is 0 Å². The fourth-order valence-corrected chi connectivity index (χ4v) is 2.20. The lowest BCUT2D eigenvalue weighted by Gasteiger charge is -2.15. The molecule has 2 atom stereocenters. The van der Waals surface area contributed by atoms with E-state index in [-0.39, 0.29) is 25.7 Å². The van der Waals surface area contributed by atoms with Crippen LogP contribution >= 0.6 is 0 Å². The molecule has 19 heavy (non-hydrogen) atoms. The van der Waals surface area contributed by atoms with Crippen molar-refractivity contribution in [2.75, 3.05) is 0 Å². The number of carbonyl (C=O) groups is 3. The molecular weight excluding hydrogens is 264 g/mol. The van der Waals surface area contributed by atoms with Gasteiger partial charge in [-0.1, -0.05) is 5.06 Å². The van der Waals surface area contributed by atoms with Gasteiger partial charge in [-0.3, -0.25) is 14.4 Å². The van der Waals surface area contributed by atoms with Gasteiger partial charge >= 0.3 is 6.16 Å². The number of alkyl halides is 2. The Hall–Kier alpha value is -1.73. The molecule has 0 aromatic heterocycles. The Kier molecular flexibility index (Phi) is 3.96. The summed E-state index contributed by atoms with van der Waals surface area (Å²) in [5, 5.41) is 0.363. The van der Waals surface area contributed by atoms with Crippen molar-refractivity contribution in [3.63, 3.8) is 0 Å². The highest BCUT2D eigenvalue weighted by Gasteiger charge is 2.36. The third-order valence-corrected chi connectivity index (χ3v) is 3.22. The number of carbonyl (C=O) groups excluding carboxylic acids is 3. The molecule has 2 fully saturated rings. The van der Waals surface area contributed by atoms with Gasteiger partial charge < -0.3 is 4.74 Å². The smallest absolute Gasteiger partial charge is 0.429 e. The monoisotopic (exact) mass is 277 g/mol. The molecule has 8 heteroatoms. The third-order valence-electron chi connectivity index (χ3n) is 3.22. The molecule has 1 saturated heterocycles. The van der Waals surface area contributed by atoms with E-state index < -0.39 is 36.4 Å². The topological polar surface area (TPSA) is 72.9 Å². The van der Waals surface area contributed by atoms with E-state index >= 15 is 0 Å². The summed E-state index contributed by atoms with van der Waals surface area (Å²) in [6.07, 6.45) is -3.65. The van der Waals surface area contributed by atoms with Crippen LogP contribution in [0.1, 0.15) is 32.1 Å². The lowest BCUT2D eigenvalue weighted by molar-refractivity contribution is -0.178. The van der Waals surface area contributed by atoms with Gasteiger partial charge in [0.1, 0.15) is 6.10 Å². The molecule has 0 unspecified atom stereocenters. The summed E-state index contributed by atoms with van der Waals surface area (Å²) >= 11 is 0. The maximum absolute atomic E-state index is 12.4. The SMILES string of the molecule is O=C(O[C@@H]1CC[C@@H](C(F)F)C1)ON1C(=O)CCC1=O. The summed E-state index contributed by atoms with van der Waals surface area (Å²) in [6.45, 7) is 0. The van der Waals surface area contributed by atoms with E-state index in [4.69, 9.17) is 4.74 Å². The summed E-state index contributed by atoms with van der Waals surface area (Å²) in [5.41, 5.74) is 0. The van der Waals surface area contributed by atoms with Crippen LogP contribution in [0.15, 0.2) is 0 Å². The molecule has 1 saturated carbocycles. The van der Waals surface area contributed by atoms with E-state index in [9.17, 15) is 23.2 Å². The van der Waals surface area contributed by atoms with E-state index in [2.05, 4.69) is 4.84 Å². The minimum atomic E-state index is -2.44. The summed E-state index contributed by atoms with van der Waals surface area (Å²) in [7, 11) is 0. The molecule has 0 bridgehead atoms. The van der Waals surface area contributed by atoms with Crippen LogP contribution in [0.3, 0.4) is 0 Å². The van der Waals surface area contributed by atoms with Crippen molar-refractivity contribution in [2.24, 2.45) is 5.92 Å². The highest BCUT2D eigenvalue weighted by atomic mass is 19.3. The second-order valence-electron chi connectivity index (χ2n) is 4.57. The third kappa shape index (κ3) is 3.18. The first kappa shape index (κ1) is 13.7. The van der Waals surface area contributed by atoms with Crippen LogP contribution in [0, 0.1) is 5.92 Å². The zero-order valence-electron chi connectivity index (χ0n) is 10.0. The second-order valence-corrected chi connectivity index (χ2v) is 4.57. The molecule has 1 heterocycles. The van der Waals surface area contributed by atoms with E-state index in [1.54, 1.807) is 0 Å². The maximum atomic E-state index is 12.4. The summed E-state index contributed by atoms with van der Waals surface area (Å²) in [4.78, 5) is 38.2. The van der Waals surface area contributed by atoms with E-state index in [1.165, 1.54) is 0 Å². The molecule has 0 radical (unpaired) electrons. The van der Waals surface area contributed by atoms with Crippen LogP contribution in [-0.4, -0.2) is 35.6 Å². The normalized spacial score (nSPS) is 27.2. The maximum Gasteiger partial charge on any atom is 0.534 e. The lowest BCUT2D eigenvalue weighted by Crippen LogP contribution is -2.33. The Morgan fingerprint density at radius 3 is 2.37 bits per heavy atom. The second kappa shape index (κ2) is 5.50. The molecule has 6 nitrogen and oxygen atoms in total. The molecule has 1 aliphatic carbocycles. The van der Waals surface area contributed by atoms with Crippen molar-refractivity contribution in [1.29, 1.82) is 0 Å². The van der Waals surface area contributed by atoms with Gasteiger partial charge in [-0.25, -0.2) is 13.6 Å². The number of halogens is 2. The first-order valence-corrected chi connectivity index (χ1v) is 6.00. The molecule has 2 aliphatic rings. The van der Waals surface area contributed by atoms with Crippen LogP contribution in [0.2, 0.25) is 0 Å². The van der Waals surface area contributed by atoms with Crippen LogP contribution < -0.4 is 0 Å². The van der Waals surface area contributed by atoms with Gasteiger partial charge in [0.2, 0.25) is 6.43 Å². The van der Waals surface area contributed by atoms with E-state index in [0.29, 0.717) is 11.5 Å². The highest BCUT2D eigenvalue weighted by Crippen LogP contribution is 2.32. The molecule has 0 N–H and O–H groups in total. The molecular formula is C11H13F2NO5. The van der Waals surface area contributed by atoms with Crippen LogP contribution in [-0.2, 0) is 19.2 Å². The first-order chi connectivity index (χ1) is 8.97. The van der Waals surface area contributed by atoms with Crippen molar-refractivity contribution >= 4 is 18.0 Å². The van der Waals surface area contributed by atoms with Crippen molar-refractivity contribution in [1.82, 2.24) is 5.06 Å². The van der Waals surface area contributed by atoms with Gasteiger partial charge in [-0.15, -0.1) is 0 Å². The highest BCUT2D eigenvalue weighted by molar-refractivity contribution is 6.01. The van der Waals surface area contributed by atoms with Gasteiger partial charge in [-0.05, 0) is 19.3 Å². The molecule has 0 spiro atoms. The Morgan fingerprint density at radius 2 is 1.84 bits per heavy atom. The van der Waals surface area contributed by atoms with Crippen LogP contribution in [0.4, 0.5) is 13.6 Å². The van der Waals surface area contributed by atoms with Gasteiger partial charge in [0.25, 0.3) is 11.8 Å². The number of ether oxygens (including phenoxy) is 1. The Balaban J connectivity index is 1.79. The Morgan fingerprint density at radius 1 is 1.21 bits per heavy atom. The fourth-order valence-electron chi connectivity index (χ4n) is 2.20. The number of imide groups is 1. The number of hydrogen-bond acceptors (Lipinski definition) is 5. The number of nitrogens with zero attached hydrogens (tertiary/aromatic N) is 1. The average molecular weight is 277 g/mol. The largest absolute Gasteiger partial charge is 0.534 e. The number of amides is 2. The zero-order chi connectivity index (χ0) is 14.0. The molecule has 1 aliphatic heterocycles. The van der Waals surface area contributed by atoms with Gasteiger partial charge in [0.15, 0.2) is 0 Å². The standard InChI is InChI=1S/C11H13F2NO5/c12-10(13)6-1-2-7(5-6)18-11(17)19-14-8(15)3-4-9(14)16/h6-7,10H,1-5H2/t6-,7-/m1/s1. The number of hydrogen-bond donors (Lipinski definition) is 0. The average Bonchev–Trinajstić information content (AvgIpc) is 2.91. The summed E-state index contributed by atoms with van der Waals surface area (Å²) in [5.74, 6) is -2.01. The van der Waals surface area contributed by atoms with Crippen molar-refractivity contribution < 1.29 is 32.7 Å². The Labute approximate surface area is 107 Å². The molecule has 2 amide bonds. The molecule has 0 aromatic carbocycles. The molecule has 2 rings (SSSR count). The Bertz CT molecular complexity index is 385. The summed E-state index contributed by atoms with van der Waals surface area (Å²) in [6, 6.07) is 0. The quantitative estimate of drug-likeness (QED) is 0.579. The first-order valence-electron chi connectivity index (χ1n) is 6.00. The molecule has 106 valence electrons. The van der Waals surface area contributed by atoms with E-state index in [0.717, 1.165) is 0 Å². The van der Waals surface area contributed by atoms with Crippen LogP contribution in [0.5, 0.6) is 0 Å². The predicted molar refractivity (Wildman–Crippen MR) is 55.8 cm³/mol. The number of rotatable bonds is 3. The summed E-state index contributed by atoms with van der Waals surface area (Å²) < 4.78 is 29.6. The van der Waals surface area contributed by atoms with Gasteiger partial charge in [0, 0.05) is 18.8 Å². The molecule has 0 aromatic rings. The van der Waals surface area contributed by atoms with Crippen molar-refractivity contribution in [3.05, 3.63) is 0 Å². The van der Waals surface area contributed by atoms with E-state index in [1.807, 2.05) is 0 Å². The van der Waals surface area contributed by atoms with Crippen LogP contribution in [0.25, 0.3) is 0 Å². The van der Waals surface area contributed by atoms with Crippen molar-refractivity contribution in [3.8, 4) is 0 Å². The lowest BCUT2D eigenvalue weighted by atomic mass is 10.1. The zero-order valence-corrected chi connectivity index (χ0v) is 10.0. The van der Waals surface area contributed by atoms with Crippen molar-refractivity contribution in [2.45, 2.75) is 44.6 Å². The fraction of sp³-hybridized carbons (Fsp3) is 0.727.